The Morgan fingerprint density at radius 2 is 1.74 bits per heavy atom. The molecule has 96 valence electrons. The zero-order chi connectivity index (χ0) is 13.4. The van der Waals surface area contributed by atoms with E-state index in [9.17, 15) is 9.18 Å². The lowest BCUT2D eigenvalue weighted by atomic mass is 9.95. The number of ketones is 1. The molecule has 0 fully saturated rings. The molecule has 2 aromatic carbocycles. The van der Waals surface area contributed by atoms with Crippen molar-refractivity contribution in [3.8, 4) is 0 Å². The van der Waals surface area contributed by atoms with Crippen LogP contribution in [0.4, 0.5) is 4.39 Å². The van der Waals surface area contributed by atoms with Gasteiger partial charge < -0.3 is 0 Å². The molecule has 0 aliphatic heterocycles. The number of benzene rings is 2. The van der Waals surface area contributed by atoms with Gasteiger partial charge in [-0.05, 0) is 42.2 Å². The molecule has 0 saturated carbocycles. The van der Waals surface area contributed by atoms with Crippen molar-refractivity contribution in [1.82, 2.24) is 0 Å². The molecule has 0 heterocycles. The van der Waals surface area contributed by atoms with Gasteiger partial charge >= 0.3 is 0 Å². The smallest absolute Gasteiger partial charge is 0.166 e. The standard InChI is InChI=1S/C16H12ClFO/c17-14-6-5-12(9-15(14)18)16(19)13-7-10-3-1-2-4-11(10)8-13/h1-6,9,13H,7-8H2. The summed E-state index contributed by atoms with van der Waals surface area (Å²) in [6, 6.07) is 12.3. The van der Waals surface area contributed by atoms with Gasteiger partial charge in [0.25, 0.3) is 0 Å². The fourth-order valence-electron chi connectivity index (χ4n) is 2.63. The molecule has 0 saturated heterocycles. The fourth-order valence-corrected chi connectivity index (χ4v) is 2.75. The van der Waals surface area contributed by atoms with Crippen molar-refractivity contribution in [2.24, 2.45) is 5.92 Å². The summed E-state index contributed by atoms with van der Waals surface area (Å²) in [5, 5.41) is 0.0475. The van der Waals surface area contributed by atoms with Crippen molar-refractivity contribution in [3.63, 3.8) is 0 Å². The van der Waals surface area contributed by atoms with Gasteiger partial charge in [0.05, 0.1) is 5.02 Å². The molecule has 0 aromatic heterocycles. The fraction of sp³-hybridized carbons (Fsp3) is 0.188. The summed E-state index contributed by atoms with van der Waals surface area (Å²) < 4.78 is 13.4. The predicted octanol–water partition coefficient (Wildman–Crippen LogP) is 4.08. The molecule has 3 rings (SSSR count). The Morgan fingerprint density at radius 3 is 2.32 bits per heavy atom. The second-order valence-electron chi connectivity index (χ2n) is 4.87. The van der Waals surface area contributed by atoms with Gasteiger partial charge in [-0.3, -0.25) is 4.79 Å². The Kier molecular flexibility index (Phi) is 3.11. The average molecular weight is 275 g/mol. The monoisotopic (exact) mass is 274 g/mol. The molecule has 0 unspecified atom stereocenters. The normalized spacial score (nSPS) is 14.4. The van der Waals surface area contributed by atoms with E-state index in [-0.39, 0.29) is 16.7 Å². The molecule has 0 radical (unpaired) electrons. The molecule has 19 heavy (non-hydrogen) atoms. The third-order valence-corrected chi connectivity index (χ3v) is 3.93. The first-order valence-electron chi connectivity index (χ1n) is 6.21. The van der Waals surface area contributed by atoms with Crippen LogP contribution in [0.25, 0.3) is 0 Å². The highest BCUT2D eigenvalue weighted by molar-refractivity contribution is 6.30. The maximum atomic E-state index is 13.4. The van der Waals surface area contributed by atoms with Crippen molar-refractivity contribution < 1.29 is 9.18 Å². The van der Waals surface area contributed by atoms with Gasteiger partial charge in [-0.2, -0.15) is 0 Å². The molecule has 2 aromatic rings. The van der Waals surface area contributed by atoms with Crippen molar-refractivity contribution in [2.45, 2.75) is 12.8 Å². The molecule has 0 atom stereocenters. The molecular formula is C16H12ClFO. The Bertz CT molecular complexity index is 626. The number of Topliss-reactive ketones (excluding diaryl/α,β-unsaturated/α-hetero) is 1. The summed E-state index contributed by atoms with van der Waals surface area (Å²) >= 11 is 5.63. The molecule has 0 N–H and O–H groups in total. The van der Waals surface area contributed by atoms with E-state index in [2.05, 4.69) is 0 Å². The minimum atomic E-state index is -0.539. The van der Waals surface area contributed by atoms with Crippen LogP contribution in [-0.2, 0) is 12.8 Å². The topological polar surface area (TPSA) is 17.1 Å². The van der Waals surface area contributed by atoms with Gasteiger partial charge in [0.2, 0.25) is 0 Å². The Labute approximate surface area is 116 Å². The van der Waals surface area contributed by atoms with E-state index in [1.807, 2.05) is 24.3 Å². The van der Waals surface area contributed by atoms with Gasteiger partial charge in [-0.1, -0.05) is 35.9 Å². The molecule has 0 spiro atoms. The lowest BCUT2D eigenvalue weighted by Crippen LogP contribution is -2.15. The van der Waals surface area contributed by atoms with Gasteiger partial charge in [-0.15, -0.1) is 0 Å². The van der Waals surface area contributed by atoms with Crippen LogP contribution in [0.2, 0.25) is 5.02 Å². The van der Waals surface area contributed by atoms with Crippen LogP contribution in [0.3, 0.4) is 0 Å². The molecule has 3 heteroatoms. The van der Waals surface area contributed by atoms with Crippen molar-refractivity contribution in [3.05, 3.63) is 70.0 Å². The molecule has 1 aliphatic rings. The van der Waals surface area contributed by atoms with Crippen LogP contribution < -0.4 is 0 Å². The van der Waals surface area contributed by atoms with E-state index in [4.69, 9.17) is 11.6 Å². The maximum Gasteiger partial charge on any atom is 0.166 e. The van der Waals surface area contributed by atoms with E-state index < -0.39 is 5.82 Å². The van der Waals surface area contributed by atoms with Crippen LogP contribution in [0.1, 0.15) is 21.5 Å². The summed E-state index contributed by atoms with van der Waals surface area (Å²) in [6.45, 7) is 0. The number of halogens is 2. The first-order chi connectivity index (χ1) is 9.15. The number of hydrogen-bond donors (Lipinski definition) is 0. The van der Waals surface area contributed by atoms with E-state index in [0.717, 1.165) is 12.8 Å². The highest BCUT2D eigenvalue weighted by atomic mass is 35.5. The summed E-state index contributed by atoms with van der Waals surface area (Å²) in [5.74, 6) is -0.632. The number of carbonyl (C=O) groups is 1. The highest BCUT2D eigenvalue weighted by Gasteiger charge is 2.28. The third-order valence-electron chi connectivity index (χ3n) is 3.63. The van der Waals surface area contributed by atoms with Crippen LogP contribution in [0.5, 0.6) is 0 Å². The predicted molar refractivity (Wildman–Crippen MR) is 73.1 cm³/mol. The van der Waals surface area contributed by atoms with Crippen molar-refractivity contribution >= 4 is 17.4 Å². The average Bonchev–Trinajstić information content (AvgIpc) is 2.85. The Balaban J connectivity index is 1.85. The number of rotatable bonds is 2. The van der Waals surface area contributed by atoms with Gasteiger partial charge in [0.15, 0.2) is 5.78 Å². The molecule has 1 aliphatic carbocycles. The molecule has 0 amide bonds. The first kappa shape index (κ1) is 12.4. The second kappa shape index (κ2) is 4.78. The zero-order valence-electron chi connectivity index (χ0n) is 10.2. The summed E-state index contributed by atoms with van der Waals surface area (Å²) in [6.07, 6.45) is 1.47. The molecule has 0 bridgehead atoms. The van der Waals surface area contributed by atoms with Crippen LogP contribution in [-0.4, -0.2) is 5.78 Å². The van der Waals surface area contributed by atoms with Crippen molar-refractivity contribution in [1.29, 1.82) is 0 Å². The minimum Gasteiger partial charge on any atom is -0.294 e. The number of carbonyl (C=O) groups excluding carboxylic acids is 1. The minimum absolute atomic E-state index is 0.00762. The Morgan fingerprint density at radius 1 is 1.11 bits per heavy atom. The molecular weight excluding hydrogens is 263 g/mol. The lowest BCUT2D eigenvalue weighted by molar-refractivity contribution is 0.0924. The third kappa shape index (κ3) is 2.28. The number of hydrogen-bond acceptors (Lipinski definition) is 1. The van der Waals surface area contributed by atoms with Crippen LogP contribution in [0.15, 0.2) is 42.5 Å². The van der Waals surface area contributed by atoms with Crippen molar-refractivity contribution in [2.75, 3.05) is 0 Å². The van der Waals surface area contributed by atoms with E-state index in [1.54, 1.807) is 6.07 Å². The van der Waals surface area contributed by atoms with Gasteiger partial charge in [0.1, 0.15) is 5.82 Å². The zero-order valence-corrected chi connectivity index (χ0v) is 11.0. The summed E-state index contributed by atoms with van der Waals surface area (Å²) in [4.78, 5) is 12.4. The van der Waals surface area contributed by atoms with Gasteiger partial charge in [0, 0.05) is 11.5 Å². The Hall–Kier alpha value is -1.67. The quantitative estimate of drug-likeness (QED) is 0.754. The second-order valence-corrected chi connectivity index (χ2v) is 5.27. The molecule has 1 nitrogen and oxygen atoms in total. The summed E-state index contributed by atoms with van der Waals surface area (Å²) in [5.41, 5.74) is 2.84. The van der Waals surface area contributed by atoms with E-state index >= 15 is 0 Å². The van der Waals surface area contributed by atoms with Gasteiger partial charge in [-0.25, -0.2) is 4.39 Å². The highest BCUT2D eigenvalue weighted by Crippen LogP contribution is 2.29. The lowest BCUT2D eigenvalue weighted by Gasteiger charge is -2.08. The van der Waals surface area contributed by atoms with E-state index in [0.29, 0.717) is 5.56 Å². The van der Waals surface area contributed by atoms with Crippen LogP contribution >= 0.6 is 11.6 Å². The first-order valence-corrected chi connectivity index (χ1v) is 6.59. The number of fused-ring (bicyclic) bond motifs is 1. The SMILES string of the molecule is O=C(c1ccc(Cl)c(F)c1)C1Cc2ccccc2C1. The van der Waals surface area contributed by atoms with E-state index in [1.165, 1.54) is 23.3 Å². The summed E-state index contributed by atoms with van der Waals surface area (Å²) in [7, 11) is 0. The van der Waals surface area contributed by atoms with Crippen LogP contribution in [0, 0.1) is 11.7 Å². The maximum absolute atomic E-state index is 13.4. The largest absolute Gasteiger partial charge is 0.294 e.